The van der Waals surface area contributed by atoms with Gasteiger partial charge in [-0.1, -0.05) is 35.9 Å². The standard InChI is InChI=1S/C21H22ClN3O5S/c22-17-9-12-8-15(24-20(12)31-17)19(29)23-14-7-11-3-1-2-4-13(11)18(14)25(5-6-26)21(30)16(28)10-27/h1-4,8-9,14,16,18,24,26-28H,5-7,10H2,(H,23,29)/t14-,16+,18-/m1/s1. The van der Waals surface area contributed by atoms with Gasteiger partial charge in [0.2, 0.25) is 0 Å². The van der Waals surface area contributed by atoms with Crippen molar-refractivity contribution in [3.8, 4) is 0 Å². The molecule has 164 valence electrons. The molecule has 0 fully saturated rings. The zero-order valence-electron chi connectivity index (χ0n) is 16.4. The van der Waals surface area contributed by atoms with Gasteiger partial charge in [0.25, 0.3) is 11.8 Å². The van der Waals surface area contributed by atoms with Crippen molar-refractivity contribution in [3.05, 3.63) is 57.6 Å². The zero-order valence-corrected chi connectivity index (χ0v) is 18.0. The summed E-state index contributed by atoms with van der Waals surface area (Å²) in [5.74, 6) is -1.03. The first-order valence-electron chi connectivity index (χ1n) is 9.80. The van der Waals surface area contributed by atoms with Crippen LogP contribution in [0.4, 0.5) is 0 Å². The van der Waals surface area contributed by atoms with Gasteiger partial charge in [0.1, 0.15) is 10.5 Å². The first-order valence-corrected chi connectivity index (χ1v) is 11.0. The molecule has 1 aromatic carbocycles. The van der Waals surface area contributed by atoms with Crippen LogP contribution >= 0.6 is 22.9 Å². The first kappa shape index (κ1) is 21.8. The van der Waals surface area contributed by atoms with E-state index in [1.54, 1.807) is 12.1 Å². The largest absolute Gasteiger partial charge is 0.395 e. The molecule has 1 aliphatic carbocycles. The number of fused-ring (bicyclic) bond motifs is 2. The number of rotatable bonds is 7. The molecule has 2 heterocycles. The maximum atomic E-state index is 13.0. The highest BCUT2D eigenvalue weighted by atomic mass is 35.5. The van der Waals surface area contributed by atoms with Gasteiger partial charge in [-0.2, -0.15) is 0 Å². The Morgan fingerprint density at radius 1 is 1.29 bits per heavy atom. The van der Waals surface area contributed by atoms with E-state index >= 15 is 0 Å². The van der Waals surface area contributed by atoms with Crippen LogP contribution < -0.4 is 5.32 Å². The average Bonchev–Trinajstić information content (AvgIpc) is 3.41. The Morgan fingerprint density at radius 3 is 2.77 bits per heavy atom. The summed E-state index contributed by atoms with van der Waals surface area (Å²) >= 11 is 7.34. The molecular weight excluding hydrogens is 442 g/mol. The second-order valence-electron chi connectivity index (χ2n) is 7.40. The number of aliphatic hydroxyl groups excluding tert-OH is 3. The number of aromatic nitrogens is 1. The minimum atomic E-state index is -1.60. The Morgan fingerprint density at radius 2 is 2.06 bits per heavy atom. The van der Waals surface area contributed by atoms with Crippen molar-refractivity contribution in [2.45, 2.75) is 24.6 Å². The lowest BCUT2D eigenvalue weighted by Crippen LogP contribution is -2.50. The average molecular weight is 464 g/mol. The van der Waals surface area contributed by atoms with Crippen molar-refractivity contribution in [1.29, 1.82) is 0 Å². The van der Waals surface area contributed by atoms with E-state index in [1.165, 1.54) is 16.2 Å². The number of H-pyrrole nitrogens is 1. The molecule has 3 atom stereocenters. The van der Waals surface area contributed by atoms with Crippen LogP contribution in [0.1, 0.15) is 27.7 Å². The van der Waals surface area contributed by atoms with Crippen LogP contribution in [0.3, 0.4) is 0 Å². The van der Waals surface area contributed by atoms with Gasteiger partial charge in [-0.3, -0.25) is 9.59 Å². The SMILES string of the molecule is O=C(N[C@@H]1Cc2ccccc2[C@H]1N(CCO)C(=O)[C@@H](O)CO)c1cc2cc(Cl)sc2[nH]1. The van der Waals surface area contributed by atoms with Gasteiger partial charge in [0.05, 0.1) is 29.6 Å². The minimum Gasteiger partial charge on any atom is -0.395 e. The molecule has 31 heavy (non-hydrogen) atoms. The highest BCUT2D eigenvalue weighted by Gasteiger charge is 2.40. The van der Waals surface area contributed by atoms with E-state index in [4.69, 9.17) is 11.6 Å². The van der Waals surface area contributed by atoms with E-state index in [0.717, 1.165) is 21.3 Å². The van der Waals surface area contributed by atoms with Gasteiger partial charge in [-0.15, -0.1) is 11.3 Å². The van der Waals surface area contributed by atoms with E-state index in [-0.39, 0.29) is 19.1 Å². The van der Waals surface area contributed by atoms with Crippen LogP contribution in [-0.4, -0.2) is 68.9 Å². The van der Waals surface area contributed by atoms with E-state index in [9.17, 15) is 24.9 Å². The summed E-state index contributed by atoms with van der Waals surface area (Å²) in [7, 11) is 0. The number of benzene rings is 1. The van der Waals surface area contributed by atoms with E-state index in [1.807, 2.05) is 24.3 Å². The number of hydrogen-bond donors (Lipinski definition) is 5. The predicted molar refractivity (Wildman–Crippen MR) is 117 cm³/mol. The second kappa shape index (κ2) is 8.97. The number of halogens is 1. The van der Waals surface area contributed by atoms with E-state index in [0.29, 0.717) is 16.5 Å². The van der Waals surface area contributed by atoms with Gasteiger partial charge >= 0.3 is 0 Å². The smallest absolute Gasteiger partial charge is 0.268 e. The molecule has 0 saturated carbocycles. The van der Waals surface area contributed by atoms with Crippen molar-refractivity contribution in [3.63, 3.8) is 0 Å². The third-order valence-electron chi connectivity index (χ3n) is 5.45. The van der Waals surface area contributed by atoms with Crippen LogP contribution in [0.15, 0.2) is 36.4 Å². The monoisotopic (exact) mass is 463 g/mol. The fourth-order valence-corrected chi connectivity index (χ4v) is 5.24. The number of thiophene rings is 1. The van der Waals surface area contributed by atoms with Crippen LogP contribution in [0.5, 0.6) is 0 Å². The maximum Gasteiger partial charge on any atom is 0.268 e. The molecule has 10 heteroatoms. The summed E-state index contributed by atoms with van der Waals surface area (Å²) in [6.45, 7) is -1.09. The van der Waals surface area contributed by atoms with Crippen molar-refractivity contribution in [2.24, 2.45) is 0 Å². The summed E-state index contributed by atoms with van der Waals surface area (Å²) < 4.78 is 0.625. The highest BCUT2D eigenvalue weighted by molar-refractivity contribution is 7.22. The topological polar surface area (TPSA) is 126 Å². The first-order chi connectivity index (χ1) is 14.9. The van der Waals surface area contributed by atoms with Gasteiger partial charge in [-0.25, -0.2) is 0 Å². The summed E-state index contributed by atoms with van der Waals surface area (Å²) in [5, 5.41) is 32.5. The fraction of sp³-hybridized carbons (Fsp3) is 0.333. The molecule has 0 unspecified atom stereocenters. The molecule has 8 nitrogen and oxygen atoms in total. The number of aromatic amines is 1. The van der Waals surface area contributed by atoms with E-state index in [2.05, 4.69) is 10.3 Å². The molecular formula is C21H22ClN3O5S. The Bertz CT molecular complexity index is 1080. The Balaban J connectivity index is 1.63. The lowest BCUT2D eigenvalue weighted by Gasteiger charge is -2.34. The summed E-state index contributed by atoms with van der Waals surface area (Å²) in [6.07, 6.45) is -1.12. The Labute approximate surface area is 187 Å². The number of aliphatic hydroxyl groups is 3. The van der Waals surface area contributed by atoms with Crippen molar-refractivity contribution in [2.75, 3.05) is 19.8 Å². The molecule has 5 N–H and O–H groups in total. The molecule has 4 rings (SSSR count). The molecule has 2 amide bonds. The van der Waals surface area contributed by atoms with Crippen LogP contribution in [-0.2, 0) is 11.2 Å². The van der Waals surface area contributed by atoms with Crippen LogP contribution in [0, 0.1) is 0 Å². The number of nitrogens with zero attached hydrogens (tertiary/aromatic N) is 1. The van der Waals surface area contributed by atoms with Crippen molar-refractivity contribution in [1.82, 2.24) is 15.2 Å². The number of hydrogen-bond acceptors (Lipinski definition) is 6. The number of nitrogens with one attached hydrogen (secondary N) is 2. The molecule has 0 aliphatic heterocycles. The molecule has 1 aliphatic rings. The molecule has 0 radical (unpaired) electrons. The van der Waals surface area contributed by atoms with Gasteiger partial charge in [0, 0.05) is 11.9 Å². The third-order valence-corrected chi connectivity index (χ3v) is 6.65. The van der Waals surface area contributed by atoms with Gasteiger partial charge in [-0.05, 0) is 29.7 Å². The van der Waals surface area contributed by atoms with Crippen LogP contribution in [0.25, 0.3) is 10.2 Å². The second-order valence-corrected chi connectivity index (χ2v) is 9.08. The number of carbonyl (C=O) groups is 2. The lowest BCUT2D eigenvalue weighted by molar-refractivity contribution is -0.145. The van der Waals surface area contributed by atoms with E-state index < -0.39 is 30.7 Å². The van der Waals surface area contributed by atoms with Gasteiger partial charge < -0.3 is 30.5 Å². The fourth-order valence-electron chi connectivity index (χ4n) is 4.11. The molecule has 3 aromatic rings. The normalized spacial score (nSPS) is 18.7. The summed E-state index contributed by atoms with van der Waals surface area (Å²) in [5.41, 5.74) is 2.17. The molecule has 2 aromatic heterocycles. The van der Waals surface area contributed by atoms with Crippen molar-refractivity contribution < 1.29 is 24.9 Å². The van der Waals surface area contributed by atoms with Crippen LogP contribution in [0.2, 0.25) is 4.34 Å². The maximum absolute atomic E-state index is 13.0. The lowest BCUT2D eigenvalue weighted by atomic mass is 10.0. The third kappa shape index (κ3) is 4.19. The molecule has 0 bridgehead atoms. The summed E-state index contributed by atoms with van der Waals surface area (Å²) in [4.78, 5) is 30.9. The summed E-state index contributed by atoms with van der Waals surface area (Å²) in [6, 6.07) is 9.93. The van der Waals surface area contributed by atoms with Gasteiger partial charge in [0.15, 0.2) is 6.10 Å². The highest BCUT2D eigenvalue weighted by Crippen LogP contribution is 2.37. The molecule has 0 saturated heterocycles. The number of amides is 2. The zero-order chi connectivity index (χ0) is 22.1. The Kier molecular flexibility index (Phi) is 6.31. The minimum absolute atomic E-state index is 0.0437. The predicted octanol–water partition coefficient (Wildman–Crippen LogP) is 1.45. The van der Waals surface area contributed by atoms with Crippen molar-refractivity contribution >= 4 is 45.0 Å². The Hall–Kier alpha value is -2.43. The number of carbonyl (C=O) groups excluding carboxylic acids is 2. The quantitative estimate of drug-likeness (QED) is 0.362. The molecule has 0 spiro atoms.